The molecule has 4 heterocycles. The first-order chi connectivity index (χ1) is 18.2. The number of benzene rings is 1. The van der Waals surface area contributed by atoms with Gasteiger partial charge < -0.3 is 15.4 Å². The number of imidazole rings is 1. The van der Waals surface area contributed by atoms with Crippen LogP contribution >= 0.6 is 0 Å². The number of aryl methyl sites for hydroxylation is 1. The van der Waals surface area contributed by atoms with Crippen molar-refractivity contribution in [2.24, 2.45) is 0 Å². The molecule has 10 nitrogen and oxygen atoms in total. The highest BCUT2D eigenvalue weighted by molar-refractivity contribution is 6.03. The van der Waals surface area contributed by atoms with Crippen LogP contribution in [0.1, 0.15) is 21.6 Å². The molecule has 0 spiro atoms. The summed E-state index contributed by atoms with van der Waals surface area (Å²) in [4.78, 5) is 36.8. The number of hydrogen-bond donors (Lipinski definition) is 3. The molecule has 13 heteroatoms. The fourth-order valence-electron chi connectivity index (χ4n) is 3.68. The Bertz CT molecular complexity index is 1650. The van der Waals surface area contributed by atoms with Crippen LogP contribution in [0.3, 0.4) is 0 Å². The zero-order valence-electron chi connectivity index (χ0n) is 20.0. The lowest BCUT2D eigenvalue weighted by molar-refractivity contribution is -0.137. The van der Waals surface area contributed by atoms with Gasteiger partial charge in [0.05, 0.1) is 12.7 Å². The van der Waals surface area contributed by atoms with E-state index in [1.165, 1.54) is 13.4 Å². The van der Waals surface area contributed by atoms with Crippen molar-refractivity contribution in [3.05, 3.63) is 78.0 Å². The molecule has 5 aromatic rings. The Morgan fingerprint density at radius 3 is 2.66 bits per heavy atom. The first kappa shape index (κ1) is 24.6. The van der Waals surface area contributed by atoms with Crippen LogP contribution in [0.25, 0.3) is 22.4 Å². The number of halogens is 3. The Balaban J connectivity index is 1.44. The van der Waals surface area contributed by atoms with Gasteiger partial charge in [-0.05, 0) is 48.9 Å². The monoisotopic (exact) mass is 520 g/mol. The highest BCUT2D eigenvalue weighted by Crippen LogP contribution is 2.33. The molecule has 0 radical (unpaired) electrons. The average molecular weight is 520 g/mol. The van der Waals surface area contributed by atoms with Gasteiger partial charge in [-0.25, -0.2) is 15.0 Å². The number of rotatable bonds is 6. The molecule has 0 atom stereocenters. The topological polar surface area (TPSA) is 131 Å². The van der Waals surface area contributed by atoms with Gasteiger partial charge in [0, 0.05) is 29.3 Å². The van der Waals surface area contributed by atoms with E-state index >= 15 is 0 Å². The summed E-state index contributed by atoms with van der Waals surface area (Å²) in [5.41, 5.74) is 2.59. The zero-order chi connectivity index (χ0) is 26.9. The maximum atomic E-state index is 13.0. The summed E-state index contributed by atoms with van der Waals surface area (Å²) in [6, 6.07) is 10.4. The largest absolute Gasteiger partial charge is 0.468 e. The molecule has 0 unspecified atom stereocenters. The highest BCUT2D eigenvalue weighted by atomic mass is 19.4. The predicted octanol–water partition coefficient (Wildman–Crippen LogP) is 5.14. The minimum absolute atomic E-state index is 0.287. The molecule has 3 N–H and O–H groups in total. The number of pyridine rings is 2. The number of alkyl halides is 3. The number of hydrogen-bond acceptors (Lipinski definition) is 8. The summed E-state index contributed by atoms with van der Waals surface area (Å²) in [6.45, 7) is 1.85. The summed E-state index contributed by atoms with van der Waals surface area (Å²) < 4.78 is 44.3. The SMILES string of the molecule is COc1nc2c(-c3cccnc3Nc3cc(NC(=O)c4cc(C(F)(F)F)ccn4)ccc3C)ncnc2[nH]1. The van der Waals surface area contributed by atoms with Crippen molar-refractivity contribution in [2.45, 2.75) is 13.1 Å². The van der Waals surface area contributed by atoms with Crippen molar-refractivity contribution >= 4 is 34.3 Å². The molecule has 38 heavy (non-hydrogen) atoms. The number of amides is 1. The lowest BCUT2D eigenvalue weighted by Gasteiger charge is -2.14. The summed E-state index contributed by atoms with van der Waals surface area (Å²) in [5.74, 6) is -0.319. The Morgan fingerprint density at radius 2 is 1.87 bits per heavy atom. The second-order valence-corrected chi connectivity index (χ2v) is 8.10. The molecule has 1 amide bonds. The van der Waals surface area contributed by atoms with Crippen molar-refractivity contribution in [2.75, 3.05) is 17.7 Å². The number of aromatic nitrogens is 6. The molecule has 5 rings (SSSR count). The Morgan fingerprint density at radius 1 is 1.03 bits per heavy atom. The van der Waals surface area contributed by atoms with Crippen LogP contribution in [0.15, 0.2) is 61.2 Å². The number of anilines is 3. The van der Waals surface area contributed by atoms with Crippen LogP contribution in [-0.2, 0) is 6.18 Å². The third-order valence-electron chi connectivity index (χ3n) is 5.59. The van der Waals surface area contributed by atoms with Gasteiger partial charge in [0.2, 0.25) is 0 Å². The lowest BCUT2D eigenvalue weighted by atomic mass is 10.1. The van der Waals surface area contributed by atoms with E-state index in [2.05, 4.69) is 40.5 Å². The fourth-order valence-corrected chi connectivity index (χ4v) is 3.68. The van der Waals surface area contributed by atoms with Crippen molar-refractivity contribution in [1.82, 2.24) is 29.9 Å². The van der Waals surface area contributed by atoms with E-state index in [4.69, 9.17) is 4.74 Å². The molecule has 0 aliphatic heterocycles. The molecule has 1 aromatic carbocycles. The number of H-pyrrole nitrogens is 1. The molecule has 0 saturated heterocycles. The van der Waals surface area contributed by atoms with E-state index in [1.807, 2.05) is 13.0 Å². The minimum atomic E-state index is -4.59. The quantitative estimate of drug-likeness (QED) is 0.281. The van der Waals surface area contributed by atoms with E-state index < -0.39 is 17.6 Å². The number of fused-ring (bicyclic) bond motifs is 1. The Hall–Kier alpha value is -5.07. The standard InChI is InChI=1S/C25H19F3N8O2/c1-13-5-6-15(33-23(37)18-10-14(7-9-29-18)25(26,27)28)11-17(13)34-21-16(4-3-8-30-21)19-20-22(32-12-31-19)36-24(35-20)38-2/h3-12H,1-2H3,(H,30,34)(H,33,37)(H,31,32,35,36). The number of carbonyl (C=O) groups excluding carboxylic acids is 1. The summed E-state index contributed by atoms with van der Waals surface area (Å²) in [7, 11) is 1.49. The maximum absolute atomic E-state index is 13.0. The molecule has 192 valence electrons. The molecule has 0 saturated carbocycles. The summed E-state index contributed by atoms with van der Waals surface area (Å²) >= 11 is 0. The van der Waals surface area contributed by atoms with Gasteiger partial charge in [0.1, 0.15) is 29.0 Å². The normalized spacial score (nSPS) is 11.4. The van der Waals surface area contributed by atoms with Crippen LogP contribution in [-0.4, -0.2) is 42.9 Å². The fraction of sp³-hybridized carbons (Fsp3) is 0.120. The smallest absolute Gasteiger partial charge is 0.416 e. The van der Waals surface area contributed by atoms with Crippen molar-refractivity contribution in [3.63, 3.8) is 0 Å². The number of carbonyl (C=O) groups is 1. The molecule has 0 aliphatic carbocycles. The maximum Gasteiger partial charge on any atom is 0.416 e. The van der Waals surface area contributed by atoms with Crippen molar-refractivity contribution in [1.29, 1.82) is 0 Å². The van der Waals surface area contributed by atoms with Gasteiger partial charge in [-0.15, -0.1) is 0 Å². The van der Waals surface area contributed by atoms with Gasteiger partial charge in [0.15, 0.2) is 5.65 Å². The van der Waals surface area contributed by atoms with E-state index in [0.717, 1.165) is 17.8 Å². The number of methoxy groups -OCH3 is 1. The molecule has 4 aromatic heterocycles. The third kappa shape index (κ3) is 4.93. The number of nitrogens with one attached hydrogen (secondary N) is 3. The van der Waals surface area contributed by atoms with E-state index in [1.54, 1.807) is 30.5 Å². The second kappa shape index (κ2) is 9.76. The zero-order valence-corrected chi connectivity index (χ0v) is 20.0. The molecular formula is C25H19F3N8O2. The molecular weight excluding hydrogens is 501 g/mol. The third-order valence-corrected chi connectivity index (χ3v) is 5.59. The van der Waals surface area contributed by atoms with Gasteiger partial charge in [-0.1, -0.05) is 6.07 Å². The number of nitrogens with zero attached hydrogens (tertiary/aromatic N) is 5. The Labute approximate surface area is 213 Å². The number of ether oxygens (including phenoxy) is 1. The van der Waals surface area contributed by atoms with Crippen molar-refractivity contribution in [3.8, 4) is 17.3 Å². The molecule has 0 fully saturated rings. The molecule has 0 aliphatic rings. The van der Waals surface area contributed by atoms with E-state index in [0.29, 0.717) is 45.7 Å². The van der Waals surface area contributed by atoms with Crippen LogP contribution in [0.2, 0.25) is 0 Å². The summed E-state index contributed by atoms with van der Waals surface area (Å²) in [6.07, 6.45) is -0.637. The van der Waals surface area contributed by atoms with Gasteiger partial charge in [0.25, 0.3) is 11.9 Å². The Kier molecular flexibility index (Phi) is 6.33. The van der Waals surface area contributed by atoms with Gasteiger partial charge in [-0.3, -0.25) is 14.8 Å². The van der Waals surface area contributed by atoms with Gasteiger partial charge >= 0.3 is 6.18 Å². The van der Waals surface area contributed by atoms with Crippen molar-refractivity contribution < 1.29 is 22.7 Å². The van der Waals surface area contributed by atoms with Crippen LogP contribution in [0.5, 0.6) is 6.01 Å². The minimum Gasteiger partial charge on any atom is -0.468 e. The average Bonchev–Trinajstić information content (AvgIpc) is 3.34. The first-order valence-electron chi connectivity index (χ1n) is 11.2. The van der Waals surface area contributed by atoms with Crippen LogP contribution in [0.4, 0.5) is 30.4 Å². The van der Waals surface area contributed by atoms with Crippen LogP contribution < -0.4 is 15.4 Å². The highest BCUT2D eigenvalue weighted by Gasteiger charge is 2.31. The molecule has 0 bridgehead atoms. The second-order valence-electron chi connectivity index (χ2n) is 8.10. The summed E-state index contributed by atoms with van der Waals surface area (Å²) in [5, 5.41) is 5.84. The number of aromatic amines is 1. The van der Waals surface area contributed by atoms with Crippen LogP contribution in [0, 0.1) is 6.92 Å². The predicted molar refractivity (Wildman–Crippen MR) is 133 cm³/mol. The van der Waals surface area contributed by atoms with E-state index in [-0.39, 0.29) is 11.7 Å². The van der Waals surface area contributed by atoms with Gasteiger partial charge in [-0.2, -0.15) is 18.2 Å². The lowest BCUT2D eigenvalue weighted by Crippen LogP contribution is -2.15. The van der Waals surface area contributed by atoms with E-state index in [9.17, 15) is 18.0 Å². The first-order valence-corrected chi connectivity index (χ1v) is 11.2.